The van der Waals surface area contributed by atoms with Gasteiger partial charge in [-0.25, -0.2) is 0 Å². The third kappa shape index (κ3) is 2.90. The van der Waals surface area contributed by atoms with Crippen LogP contribution in [0.4, 0.5) is 5.69 Å². The van der Waals surface area contributed by atoms with E-state index in [0.717, 1.165) is 36.8 Å². The average Bonchev–Trinajstić information content (AvgIpc) is 3.18. The molecular weight excluding hydrogens is 280 g/mol. The zero-order chi connectivity index (χ0) is 14.8. The van der Waals surface area contributed by atoms with Gasteiger partial charge in [0.25, 0.3) is 0 Å². The fourth-order valence-electron chi connectivity index (χ4n) is 3.18. The van der Waals surface area contributed by atoms with E-state index in [-0.39, 0.29) is 0 Å². The van der Waals surface area contributed by atoms with Gasteiger partial charge in [0.1, 0.15) is 0 Å². The Labute approximate surface area is 129 Å². The minimum absolute atomic E-state index is 0.320. The van der Waals surface area contributed by atoms with Crippen LogP contribution < -0.4 is 14.8 Å². The molecule has 2 aliphatic heterocycles. The smallest absolute Gasteiger partial charge is 0.231 e. The Hall–Kier alpha value is -2.14. The second-order valence-electron chi connectivity index (χ2n) is 5.92. The van der Waals surface area contributed by atoms with Gasteiger partial charge in [0.05, 0.1) is 12.5 Å². The van der Waals surface area contributed by atoms with Crippen LogP contribution in [0.3, 0.4) is 0 Å². The Morgan fingerprint density at radius 1 is 1.18 bits per heavy atom. The van der Waals surface area contributed by atoms with Crippen LogP contribution in [0.15, 0.2) is 41.2 Å². The summed E-state index contributed by atoms with van der Waals surface area (Å²) in [6.07, 6.45) is 5.97. The van der Waals surface area contributed by atoms with E-state index in [1.54, 1.807) is 6.26 Å². The van der Waals surface area contributed by atoms with Crippen molar-refractivity contribution < 1.29 is 13.9 Å². The standard InChI is InChI=1S/C17H20N2O3/c1-2-15(10-19(6-1)9-13-5-7-20-11-13)18-14-3-4-16-17(8-14)22-12-21-16/h3-5,7-8,11,15,18H,1-2,6,9-10,12H2. The number of hydrogen-bond donors (Lipinski definition) is 1. The molecule has 1 fully saturated rings. The molecule has 1 aromatic heterocycles. The molecule has 0 spiro atoms. The minimum atomic E-state index is 0.320. The van der Waals surface area contributed by atoms with Crippen molar-refractivity contribution in [3.8, 4) is 11.5 Å². The van der Waals surface area contributed by atoms with Crippen LogP contribution in [-0.2, 0) is 6.54 Å². The summed E-state index contributed by atoms with van der Waals surface area (Å²) in [6.45, 7) is 3.46. The number of likely N-dealkylation sites (tertiary alicyclic amines) is 1. The van der Waals surface area contributed by atoms with Crippen LogP contribution in [0.5, 0.6) is 11.5 Å². The molecule has 2 aliphatic rings. The Bertz CT molecular complexity index is 627. The van der Waals surface area contributed by atoms with Crippen molar-refractivity contribution >= 4 is 5.69 Å². The largest absolute Gasteiger partial charge is 0.472 e. The summed E-state index contributed by atoms with van der Waals surface area (Å²) in [4.78, 5) is 2.47. The zero-order valence-corrected chi connectivity index (χ0v) is 12.5. The lowest BCUT2D eigenvalue weighted by atomic mass is 10.0. The molecule has 4 rings (SSSR count). The van der Waals surface area contributed by atoms with E-state index >= 15 is 0 Å². The molecular formula is C17H20N2O3. The van der Waals surface area contributed by atoms with Gasteiger partial charge in [0, 0.05) is 36.4 Å². The number of furan rings is 1. The van der Waals surface area contributed by atoms with Gasteiger partial charge >= 0.3 is 0 Å². The lowest BCUT2D eigenvalue weighted by molar-refractivity contribution is 0.174. The number of benzene rings is 1. The summed E-state index contributed by atoms with van der Waals surface area (Å²) >= 11 is 0. The summed E-state index contributed by atoms with van der Waals surface area (Å²) in [5.41, 5.74) is 2.34. The number of anilines is 1. The van der Waals surface area contributed by atoms with Gasteiger partial charge in [-0.3, -0.25) is 4.90 Å². The molecule has 22 heavy (non-hydrogen) atoms. The van der Waals surface area contributed by atoms with Crippen LogP contribution in [0, 0.1) is 0 Å². The van der Waals surface area contributed by atoms with Crippen molar-refractivity contribution in [3.63, 3.8) is 0 Å². The summed E-state index contributed by atoms with van der Waals surface area (Å²) < 4.78 is 15.9. The molecule has 5 heteroatoms. The van der Waals surface area contributed by atoms with E-state index in [9.17, 15) is 0 Å². The van der Waals surface area contributed by atoms with Crippen molar-refractivity contribution in [3.05, 3.63) is 42.4 Å². The van der Waals surface area contributed by atoms with E-state index in [0.29, 0.717) is 12.8 Å². The van der Waals surface area contributed by atoms with E-state index in [1.165, 1.54) is 18.4 Å². The zero-order valence-electron chi connectivity index (χ0n) is 12.5. The summed E-state index contributed by atoms with van der Waals surface area (Å²) in [5.74, 6) is 1.66. The molecule has 0 amide bonds. The predicted molar refractivity (Wildman–Crippen MR) is 83.2 cm³/mol. The third-order valence-corrected chi connectivity index (χ3v) is 4.24. The molecule has 1 atom stereocenters. The number of nitrogens with one attached hydrogen (secondary N) is 1. The number of hydrogen-bond acceptors (Lipinski definition) is 5. The summed E-state index contributed by atoms with van der Waals surface area (Å²) in [5, 5.41) is 3.62. The van der Waals surface area contributed by atoms with E-state index in [1.807, 2.05) is 24.5 Å². The molecule has 0 bridgehead atoms. The molecule has 3 heterocycles. The van der Waals surface area contributed by atoms with Gasteiger partial charge in [-0.1, -0.05) is 0 Å². The van der Waals surface area contributed by atoms with Gasteiger partial charge in [-0.05, 0) is 37.6 Å². The molecule has 1 unspecified atom stereocenters. The fraction of sp³-hybridized carbons (Fsp3) is 0.412. The topological polar surface area (TPSA) is 46.9 Å². The maximum absolute atomic E-state index is 5.44. The quantitative estimate of drug-likeness (QED) is 0.940. The van der Waals surface area contributed by atoms with Crippen LogP contribution in [0.2, 0.25) is 0 Å². The Kier molecular flexibility index (Phi) is 3.64. The summed E-state index contributed by atoms with van der Waals surface area (Å²) in [7, 11) is 0. The van der Waals surface area contributed by atoms with Crippen LogP contribution in [0.1, 0.15) is 18.4 Å². The number of nitrogens with zero attached hydrogens (tertiary/aromatic N) is 1. The molecule has 2 aromatic rings. The molecule has 0 aliphatic carbocycles. The lowest BCUT2D eigenvalue weighted by Crippen LogP contribution is -2.41. The number of piperidine rings is 1. The normalized spacial score (nSPS) is 21.0. The van der Waals surface area contributed by atoms with Crippen molar-refractivity contribution in [2.24, 2.45) is 0 Å². The van der Waals surface area contributed by atoms with Crippen molar-refractivity contribution in [1.82, 2.24) is 4.90 Å². The highest BCUT2D eigenvalue weighted by Gasteiger charge is 2.21. The molecule has 0 saturated carbocycles. The van der Waals surface area contributed by atoms with Crippen LogP contribution in [0.25, 0.3) is 0 Å². The number of rotatable bonds is 4. The van der Waals surface area contributed by atoms with Crippen LogP contribution in [-0.4, -0.2) is 30.8 Å². The van der Waals surface area contributed by atoms with Crippen molar-refractivity contribution in [2.45, 2.75) is 25.4 Å². The van der Waals surface area contributed by atoms with E-state index in [4.69, 9.17) is 13.9 Å². The first-order valence-corrected chi connectivity index (χ1v) is 7.76. The second kappa shape index (κ2) is 5.93. The lowest BCUT2D eigenvalue weighted by Gasteiger charge is -2.33. The van der Waals surface area contributed by atoms with Crippen molar-refractivity contribution in [1.29, 1.82) is 0 Å². The molecule has 5 nitrogen and oxygen atoms in total. The summed E-state index contributed by atoms with van der Waals surface area (Å²) in [6, 6.07) is 8.55. The van der Waals surface area contributed by atoms with Gasteiger partial charge in [-0.2, -0.15) is 0 Å². The van der Waals surface area contributed by atoms with Gasteiger partial charge in [0.15, 0.2) is 11.5 Å². The van der Waals surface area contributed by atoms with E-state index < -0.39 is 0 Å². The van der Waals surface area contributed by atoms with E-state index in [2.05, 4.69) is 16.3 Å². The SMILES string of the molecule is c1cc(CN2CCCC(Nc3ccc4c(c3)OCO4)C2)co1. The molecule has 0 radical (unpaired) electrons. The molecule has 1 saturated heterocycles. The molecule has 1 N–H and O–H groups in total. The Morgan fingerprint density at radius 3 is 3.05 bits per heavy atom. The third-order valence-electron chi connectivity index (χ3n) is 4.24. The maximum Gasteiger partial charge on any atom is 0.231 e. The van der Waals surface area contributed by atoms with Gasteiger partial charge < -0.3 is 19.2 Å². The van der Waals surface area contributed by atoms with Gasteiger partial charge in [0.2, 0.25) is 6.79 Å². The Balaban J connectivity index is 1.38. The minimum Gasteiger partial charge on any atom is -0.472 e. The van der Waals surface area contributed by atoms with Crippen molar-refractivity contribution in [2.75, 3.05) is 25.2 Å². The molecule has 1 aromatic carbocycles. The van der Waals surface area contributed by atoms with Gasteiger partial charge in [-0.15, -0.1) is 0 Å². The highest BCUT2D eigenvalue weighted by atomic mass is 16.7. The van der Waals surface area contributed by atoms with Crippen LogP contribution >= 0.6 is 0 Å². The average molecular weight is 300 g/mol. The Morgan fingerprint density at radius 2 is 2.14 bits per heavy atom. The first-order valence-electron chi connectivity index (χ1n) is 7.76. The monoisotopic (exact) mass is 300 g/mol. The number of ether oxygens (including phenoxy) is 2. The molecule has 116 valence electrons. The number of fused-ring (bicyclic) bond motifs is 1. The first kappa shape index (κ1) is 13.5. The first-order chi connectivity index (χ1) is 10.9. The fourth-order valence-corrected chi connectivity index (χ4v) is 3.18. The second-order valence-corrected chi connectivity index (χ2v) is 5.92. The highest BCUT2D eigenvalue weighted by molar-refractivity contribution is 5.56. The highest BCUT2D eigenvalue weighted by Crippen LogP contribution is 2.34. The maximum atomic E-state index is 5.44. The predicted octanol–water partition coefficient (Wildman–Crippen LogP) is 3.08.